The summed E-state index contributed by atoms with van der Waals surface area (Å²) in [4.78, 5) is 0. The Labute approximate surface area is 104 Å². The van der Waals surface area contributed by atoms with Gasteiger partial charge in [0.15, 0.2) is 0 Å². The number of rotatable bonds is 9. The molecule has 2 unspecified atom stereocenters. The predicted molar refractivity (Wildman–Crippen MR) is 68.5 cm³/mol. The van der Waals surface area contributed by atoms with E-state index in [1.165, 1.54) is 12.8 Å². The van der Waals surface area contributed by atoms with Gasteiger partial charge in [0.1, 0.15) is 0 Å². The fraction of sp³-hybridized carbons (Fsp3) is 1.00. The Morgan fingerprint density at radius 2 is 2.06 bits per heavy atom. The van der Waals surface area contributed by atoms with Crippen LogP contribution in [0.25, 0.3) is 0 Å². The number of nitrogens with one attached hydrogen (secondary N) is 2. The average molecular weight is 264 g/mol. The molecular weight excluding hydrogens is 240 g/mol. The van der Waals surface area contributed by atoms with Crippen molar-refractivity contribution in [1.29, 1.82) is 0 Å². The summed E-state index contributed by atoms with van der Waals surface area (Å²) in [6.07, 6.45) is 3.07. The Hall–Kier alpha value is -0.170. The lowest BCUT2D eigenvalue weighted by Gasteiger charge is -2.20. The second-order valence-corrected chi connectivity index (χ2v) is 6.85. The normalized spacial score (nSPS) is 20.2. The van der Waals surface area contributed by atoms with Crippen LogP contribution >= 0.6 is 0 Å². The summed E-state index contributed by atoms with van der Waals surface area (Å²) in [5.41, 5.74) is 0. The van der Waals surface area contributed by atoms with Gasteiger partial charge in [-0.3, -0.25) is 0 Å². The Kier molecular flexibility index (Phi) is 5.85. The van der Waals surface area contributed by atoms with Crippen LogP contribution in [0.4, 0.5) is 0 Å². The van der Waals surface area contributed by atoms with Crippen LogP contribution in [0.3, 0.4) is 0 Å². The number of methoxy groups -OCH3 is 1. The maximum absolute atomic E-state index is 12.0. The first-order valence-corrected chi connectivity index (χ1v) is 7.77. The van der Waals surface area contributed by atoms with Gasteiger partial charge in [-0.05, 0) is 26.2 Å². The summed E-state index contributed by atoms with van der Waals surface area (Å²) in [5, 5.41) is 2.83. The van der Waals surface area contributed by atoms with Gasteiger partial charge in [0.25, 0.3) is 0 Å². The van der Waals surface area contributed by atoms with Gasteiger partial charge in [-0.15, -0.1) is 0 Å². The predicted octanol–water partition coefficient (Wildman–Crippen LogP) is 0.471. The van der Waals surface area contributed by atoms with Gasteiger partial charge in [0.2, 0.25) is 10.0 Å². The first-order chi connectivity index (χ1) is 7.99. The standard InChI is InChI=1S/C11H24N2O3S/c1-4-10(8-16-3)13-17(14,15)9(2)7-12-11-5-6-11/h9-13H,4-8H2,1-3H3. The van der Waals surface area contributed by atoms with Crippen molar-refractivity contribution >= 4 is 10.0 Å². The van der Waals surface area contributed by atoms with Gasteiger partial charge >= 0.3 is 0 Å². The molecule has 1 aliphatic carbocycles. The zero-order valence-corrected chi connectivity index (χ0v) is 11.7. The summed E-state index contributed by atoms with van der Waals surface area (Å²) in [5.74, 6) is 0. The third-order valence-electron chi connectivity index (χ3n) is 2.99. The summed E-state index contributed by atoms with van der Waals surface area (Å²) >= 11 is 0. The first kappa shape index (κ1) is 14.9. The van der Waals surface area contributed by atoms with E-state index in [0.29, 0.717) is 19.2 Å². The monoisotopic (exact) mass is 264 g/mol. The Bertz CT molecular complexity index is 315. The second-order valence-electron chi connectivity index (χ2n) is 4.72. The van der Waals surface area contributed by atoms with Crippen molar-refractivity contribution in [2.24, 2.45) is 0 Å². The smallest absolute Gasteiger partial charge is 0.215 e. The largest absolute Gasteiger partial charge is 0.383 e. The molecule has 0 bridgehead atoms. The topological polar surface area (TPSA) is 67.4 Å². The van der Waals surface area contributed by atoms with Crippen LogP contribution < -0.4 is 10.0 Å². The van der Waals surface area contributed by atoms with Crippen LogP contribution in [0.15, 0.2) is 0 Å². The number of hydrogen-bond acceptors (Lipinski definition) is 4. The van der Waals surface area contributed by atoms with Crippen molar-refractivity contribution in [1.82, 2.24) is 10.0 Å². The van der Waals surface area contributed by atoms with E-state index < -0.39 is 15.3 Å². The van der Waals surface area contributed by atoms with Crippen molar-refractivity contribution < 1.29 is 13.2 Å². The highest BCUT2D eigenvalue weighted by atomic mass is 32.2. The highest BCUT2D eigenvalue weighted by molar-refractivity contribution is 7.90. The fourth-order valence-corrected chi connectivity index (χ4v) is 2.76. The minimum atomic E-state index is -3.25. The van der Waals surface area contributed by atoms with Crippen molar-refractivity contribution in [3.05, 3.63) is 0 Å². The highest BCUT2D eigenvalue weighted by Gasteiger charge is 2.27. The molecule has 0 aromatic heterocycles. The summed E-state index contributed by atoms with van der Waals surface area (Å²) in [6, 6.07) is 0.405. The molecule has 0 spiro atoms. The third-order valence-corrected chi connectivity index (χ3v) is 4.88. The van der Waals surface area contributed by atoms with Gasteiger partial charge in [-0.1, -0.05) is 6.92 Å². The van der Waals surface area contributed by atoms with E-state index in [0.717, 1.165) is 6.42 Å². The lowest BCUT2D eigenvalue weighted by Crippen LogP contribution is -2.45. The summed E-state index contributed by atoms with van der Waals surface area (Å²) in [6.45, 7) is 4.61. The van der Waals surface area contributed by atoms with Crippen LogP contribution in [-0.2, 0) is 14.8 Å². The van der Waals surface area contributed by atoms with Crippen molar-refractivity contribution in [3.63, 3.8) is 0 Å². The molecule has 0 amide bonds. The molecule has 17 heavy (non-hydrogen) atoms. The lowest BCUT2D eigenvalue weighted by molar-refractivity contribution is 0.173. The van der Waals surface area contributed by atoms with E-state index in [-0.39, 0.29) is 6.04 Å². The van der Waals surface area contributed by atoms with E-state index in [1.807, 2.05) is 6.92 Å². The molecule has 1 rings (SSSR count). The van der Waals surface area contributed by atoms with Gasteiger partial charge < -0.3 is 10.1 Å². The minimum absolute atomic E-state index is 0.131. The molecule has 0 aromatic rings. The molecule has 2 N–H and O–H groups in total. The van der Waals surface area contributed by atoms with E-state index in [4.69, 9.17) is 4.74 Å². The molecule has 0 saturated heterocycles. The molecule has 0 aliphatic heterocycles. The van der Waals surface area contributed by atoms with Gasteiger partial charge in [-0.2, -0.15) is 0 Å². The Morgan fingerprint density at radius 3 is 2.53 bits per heavy atom. The molecule has 1 saturated carbocycles. The second kappa shape index (κ2) is 6.68. The van der Waals surface area contributed by atoms with Gasteiger partial charge in [0.05, 0.1) is 11.9 Å². The van der Waals surface area contributed by atoms with Crippen molar-refractivity contribution in [2.75, 3.05) is 20.3 Å². The maximum atomic E-state index is 12.0. The number of ether oxygens (including phenoxy) is 1. The van der Waals surface area contributed by atoms with Crippen molar-refractivity contribution in [2.45, 2.75) is 50.4 Å². The minimum Gasteiger partial charge on any atom is -0.383 e. The first-order valence-electron chi connectivity index (χ1n) is 6.23. The average Bonchev–Trinajstić information content (AvgIpc) is 3.08. The molecular formula is C11H24N2O3S. The summed E-state index contributed by atoms with van der Waals surface area (Å²) < 4.78 is 31.7. The van der Waals surface area contributed by atoms with Gasteiger partial charge in [-0.25, -0.2) is 13.1 Å². The molecule has 1 aliphatic rings. The fourth-order valence-electron chi connectivity index (χ4n) is 1.51. The molecule has 102 valence electrons. The summed E-state index contributed by atoms with van der Waals surface area (Å²) in [7, 11) is -1.68. The van der Waals surface area contributed by atoms with Crippen LogP contribution in [0.2, 0.25) is 0 Å². The Morgan fingerprint density at radius 1 is 1.41 bits per heavy atom. The SMILES string of the molecule is CCC(COC)NS(=O)(=O)C(C)CNC1CC1. The number of hydrogen-bond donors (Lipinski definition) is 2. The highest BCUT2D eigenvalue weighted by Crippen LogP contribution is 2.18. The van der Waals surface area contributed by atoms with Crippen LogP contribution in [0, 0.1) is 0 Å². The third kappa shape index (κ3) is 5.33. The zero-order chi connectivity index (χ0) is 12.9. The van der Waals surface area contributed by atoms with Crippen LogP contribution in [0.5, 0.6) is 0 Å². The molecule has 6 heteroatoms. The molecule has 0 radical (unpaired) electrons. The van der Waals surface area contributed by atoms with Crippen LogP contribution in [0.1, 0.15) is 33.1 Å². The molecule has 2 atom stereocenters. The van der Waals surface area contributed by atoms with Crippen LogP contribution in [-0.4, -0.2) is 46.0 Å². The van der Waals surface area contributed by atoms with E-state index in [2.05, 4.69) is 10.0 Å². The van der Waals surface area contributed by atoms with E-state index in [1.54, 1.807) is 14.0 Å². The number of sulfonamides is 1. The van der Waals surface area contributed by atoms with E-state index >= 15 is 0 Å². The quantitative estimate of drug-likeness (QED) is 0.635. The molecule has 1 fully saturated rings. The molecule has 0 aromatic carbocycles. The maximum Gasteiger partial charge on any atom is 0.215 e. The molecule has 0 heterocycles. The Balaban J connectivity index is 2.40. The van der Waals surface area contributed by atoms with E-state index in [9.17, 15) is 8.42 Å². The van der Waals surface area contributed by atoms with Crippen molar-refractivity contribution in [3.8, 4) is 0 Å². The molecule has 5 nitrogen and oxygen atoms in total. The van der Waals surface area contributed by atoms with Gasteiger partial charge in [0, 0.05) is 25.7 Å². The lowest BCUT2D eigenvalue weighted by atomic mass is 10.3. The zero-order valence-electron chi connectivity index (χ0n) is 10.9.